The van der Waals surface area contributed by atoms with Gasteiger partial charge in [0.15, 0.2) is 0 Å². The summed E-state index contributed by atoms with van der Waals surface area (Å²) < 4.78 is 27.1. The van der Waals surface area contributed by atoms with Crippen LogP contribution in [0.2, 0.25) is 0 Å². The lowest BCUT2D eigenvalue weighted by atomic mass is 10.2. The summed E-state index contributed by atoms with van der Waals surface area (Å²) >= 11 is 4.66. The summed E-state index contributed by atoms with van der Waals surface area (Å²) in [5.41, 5.74) is 0.920. The predicted octanol–water partition coefficient (Wildman–Crippen LogP) is 4.27. The van der Waals surface area contributed by atoms with Gasteiger partial charge in [-0.15, -0.1) is 22.7 Å². The van der Waals surface area contributed by atoms with Crippen LogP contribution in [0.5, 0.6) is 0 Å². The Morgan fingerprint density at radius 2 is 1.74 bits per heavy atom. The Balaban J connectivity index is 1.46. The molecule has 0 fully saturated rings. The van der Waals surface area contributed by atoms with Crippen molar-refractivity contribution in [1.82, 2.24) is 5.32 Å². The summed E-state index contributed by atoms with van der Waals surface area (Å²) in [5, 5.41) is 6.64. The minimum absolute atomic E-state index is 0.167. The van der Waals surface area contributed by atoms with Crippen LogP contribution in [0.3, 0.4) is 0 Å². The highest BCUT2D eigenvalue weighted by molar-refractivity contribution is 7.98. The molecule has 3 aromatic rings. The molecule has 2 heterocycles. The first kappa shape index (κ1) is 19.9. The highest BCUT2D eigenvalue weighted by Crippen LogP contribution is 2.20. The van der Waals surface area contributed by atoms with Gasteiger partial charge in [0.25, 0.3) is 15.9 Å². The monoisotopic (exact) mass is 438 g/mol. The van der Waals surface area contributed by atoms with Crippen molar-refractivity contribution in [2.24, 2.45) is 0 Å². The van der Waals surface area contributed by atoms with Crippen LogP contribution < -0.4 is 10.0 Å². The standard InChI is InChI=1S/C18H18N2O3S4/c21-18(19-9-12-24-13-16-3-1-10-25-16)14-5-7-15(8-6-14)20-27(22,23)17-4-2-11-26-17/h1-8,10-11,20H,9,12-13H2,(H,19,21). The van der Waals surface area contributed by atoms with Gasteiger partial charge in [0.1, 0.15) is 4.21 Å². The first-order valence-corrected chi connectivity index (χ1v) is 12.5. The normalized spacial score (nSPS) is 11.3. The van der Waals surface area contributed by atoms with Gasteiger partial charge < -0.3 is 5.32 Å². The third kappa shape index (κ3) is 5.83. The zero-order valence-corrected chi connectivity index (χ0v) is 17.5. The molecule has 9 heteroatoms. The topological polar surface area (TPSA) is 75.3 Å². The molecule has 1 aromatic carbocycles. The summed E-state index contributed by atoms with van der Waals surface area (Å²) in [4.78, 5) is 13.5. The van der Waals surface area contributed by atoms with Gasteiger partial charge in [0.05, 0.1) is 0 Å². The molecule has 1 amide bonds. The lowest BCUT2D eigenvalue weighted by Crippen LogP contribution is -2.25. The Hall–Kier alpha value is -1.81. The van der Waals surface area contributed by atoms with Crippen LogP contribution in [0.4, 0.5) is 5.69 Å². The SMILES string of the molecule is O=C(NCCSCc1cccs1)c1ccc(NS(=O)(=O)c2cccs2)cc1. The van der Waals surface area contributed by atoms with Crippen molar-refractivity contribution < 1.29 is 13.2 Å². The molecule has 0 bridgehead atoms. The van der Waals surface area contributed by atoms with Gasteiger partial charge in [-0.3, -0.25) is 9.52 Å². The molecule has 142 valence electrons. The van der Waals surface area contributed by atoms with Gasteiger partial charge in [0, 0.05) is 34.2 Å². The van der Waals surface area contributed by atoms with E-state index in [1.54, 1.807) is 64.9 Å². The fraction of sp³-hybridized carbons (Fsp3) is 0.167. The molecule has 0 aliphatic rings. The summed E-state index contributed by atoms with van der Waals surface area (Å²) in [6.45, 7) is 0.585. The smallest absolute Gasteiger partial charge is 0.271 e. The van der Waals surface area contributed by atoms with Gasteiger partial charge in [-0.25, -0.2) is 8.42 Å². The van der Waals surface area contributed by atoms with E-state index >= 15 is 0 Å². The van der Waals surface area contributed by atoms with Gasteiger partial charge in [0.2, 0.25) is 0 Å². The van der Waals surface area contributed by atoms with Crippen molar-refractivity contribution in [2.45, 2.75) is 9.96 Å². The van der Waals surface area contributed by atoms with Crippen LogP contribution in [-0.4, -0.2) is 26.6 Å². The second-order valence-corrected chi connectivity index (χ2v) is 10.5. The number of thioether (sulfide) groups is 1. The van der Waals surface area contributed by atoms with Crippen LogP contribution in [0.25, 0.3) is 0 Å². The number of hydrogen-bond acceptors (Lipinski definition) is 6. The van der Waals surface area contributed by atoms with E-state index < -0.39 is 10.0 Å². The maximum Gasteiger partial charge on any atom is 0.271 e. The second kappa shape index (κ2) is 9.41. The maximum atomic E-state index is 12.2. The van der Waals surface area contributed by atoms with Crippen LogP contribution in [0, 0.1) is 0 Å². The van der Waals surface area contributed by atoms with Crippen molar-refractivity contribution in [2.75, 3.05) is 17.0 Å². The lowest BCUT2D eigenvalue weighted by molar-refractivity contribution is 0.0956. The van der Waals surface area contributed by atoms with Crippen molar-refractivity contribution in [1.29, 1.82) is 0 Å². The zero-order valence-electron chi connectivity index (χ0n) is 14.3. The first-order valence-electron chi connectivity index (χ1n) is 8.09. The highest BCUT2D eigenvalue weighted by atomic mass is 32.2. The molecule has 0 aliphatic carbocycles. The van der Waals surface area contributed by atoms with Crippen molar-refractivity contribution in [3.8, 4) is 0 Å². The Bertz CT molecular complexity index is 951. The van der Waals surface area contributed by atoms with E-state index in [4.69, 9.17) is 0 Å². The molecule has 27 heavy (non-hydrogen) atoms. The highest BCUT2D eigenvalue weighted by Gasteiger charge is 2.15. The number of nitrogens with one attached hydrogen (secondary N) is 2. The van der Waals surface area contributed by atoms with E-state index in [0.29, 0.717) is 17.8 Å². The maximum absolute atomic E-state index is 12.2. The molecule has 2 N–H and O–H groups in total. The van der Waals surface area contributed by atoms with Crippen LogP contribution >= 0.6 is 34.4 Å². The molecule has 0 unspecified atom stereocenters. The predicted molar refractivity (Wildman–Crippen MR) is 114 cm³/mol. The van der Waals surface area contributed by atoms with Crippen LogP contribution in [0.1, 0.15) is 15.2 Å². The molecule has 2 aromatic heterocycles. The van der Waals surface area contributed by atoms with Crippen molar-refractivity contribution in [3.05, 3.63) is 69.7 Å². The van der Waals surface area contributed by atoms with E-state index in [1.807, 2.05) is 6.07 Å². The number of hydrogen-bond donors (Lipinski definition) is 2. The Morgan fingerprint density at radius 1 is 1.00 bits per heavy atom. The fourth-order valence-corrected chi connectivity index (χ4v) is 5.97. The van der Waals surface area contributed by atoms with Crippen molar-refractivity contribution >= 4 is 56.1 Å². The van der Waals surface area contributed by atoms with Gasteiger partial charge in [-0.05, 0) is 47.2 Å². The number of carbonyl (C=O) groups excluding carboxylic acids is 1. The summed E-state index contributed by atoms with van der Waals surface area (Å²) in [5.74, 6) is 1.62. The number of benzene rings is 1. The summed E-state index contributed by atoms with van der Waals surface area (Å²) in [6.07, 6.45) is 0. The summed E-state index contributed by atoms with van der Waals surface area (Å²) in [6, 6.07) is 13.8. The molecular weight excluding hydrogens is 420 g/mol. The quantitative estimate of drug-likeness (QED) is 0.489. The van der Waals surface area contributed by atoms with Crippen LogP contribution in [0.15, 0.2) is 63.5 Å². The molecular formula is C18H18N2O3S4. The van der Waals surface area contributed by atoms with Crippen molar-refractivity contribution in [3.63, 3.8) is 0 Å². The average molecular weight is 439 g/mol. The number of amides is 1. The zero-order chi connectivity index (χ0) is 19.1. The van der Waals surface area contributed by atoms with E-state index in [9.17, 15) is 13.2 Å². The van der Waals surface area contributed by atoms with E-state index in [2.05, 4.69) is 21.5 Å². The summed E-state index contributed by atoms with van der Waals surface area (Å²) in [7, 11) is -3.58. The largest absolute Gasteiger partial charge is 0.351 e. The van der Waals surface area contributed by atoms with Gasteiger partial charge in [-0.2, -0.15) is 11.8 Å². The molecule has 3 rings (SSSR count). The molecule has 5 nitrogen and oxygen atoms in total. The van der Waals surface area contributed by atoms with Gasteiger partial charge in [-0.1, -0.05) is 12.1 Å². The Morgan fingerprint density at radius 3 is 2.41 bits per heavy atom. The molecule has 0 saturated heterocycles. The molecule has 0 radical (unpaired) electrons. The minimum Gasteiger partial charge on any atom is -0.351 e. The van der Waals surface area contributed by atoms with Crippen LogP contribution in [-0.2, 0) is 15.8 Å². The minimum atomic E-state index is -3.58. The molecule has 0 atom stereocenters. The number of carbonyl (C=O) groups is 1. The third-order valence-corrected chi connectivity index (χ3v) is 8.36. The Labute approximate surface area is 170 Å². The van der Waals surface area contributed by atoms with E-state index in [0.717, 1.165) is 22.8 Å². The number of sulfonamides is 1. The number of anilines is 1. The lowest BCUT2D eigenvalue weighted by Gasteiger charge is -2.08. The number of thiophene rings is 2. The second-order valence-electron chi connectivity index (χ2n) is 5.50. The average Bonchev–Trinajstić information content (AvgIpc) is 3.36. The molecule has 0 saturated carbocycles. The Kier molecular flexibility index (Phi) is 6.95. The third-order valence-electron chi connectivity index (χ3n) is 3.52. The van der Waals surface area contributed by atoms with E-state index in [-0.39, 0.29) is 10.1 Å². The molecule has 0 aliphatic heterocycles. The van der Waals surface area contributed by atoms with Gasteiger partial charge >= 0.3 is 0 Å². The van der Waals surface area contributed by atoms with E-state index in [1.165, 1.54) is 4.88 Å². The first-order chi connectivity index (χ1) is 13.0. The number of rotatable bonds is 9. The fourth-order valence-electron chi connectivity index (χ4n) is 2.22. The molecule has 0 spiro atoms.